The molecule has 0 spiro atoms. The van der Waals surface area contributed by atoms with Gasteiger partial charge in [0.25, 0.3) is 0 Å². The van der Waals surface area contributed by atoms with Crippen molar-refractivity contribution in [3.63, 3.8) is 0 Å². The van der Waals surface area contributed by atoms with Gasteiger partial charge >= 0.3 is 0 Å². The van der Waals surface area contributed by atoms with Gasteiger partial charge in [0.15, 0.2) is 11.5 Å². The van der Waals surface area contributed by atoms with Gasteiger partial charge in [0.2, 0.25) is 0 Å². The molecular weight excluding hydrogens is 264 g/mol. The third kappa shape index (κ3) is 4.76. The molecule has 4 heteroatoms. The maximum atomic E-state index is 5.88. The van der Waals surface area contributed by atoms with E-state index in [2.05, 4.69) is 31.1 Å². The normalized spacial score (nSPS) is 11.2. The van der Waals surface area contributed by atoms with Gasteiger partial charge in [-0.2, -0.15) is 0 Å². The van der Waals surface area contributed by atoms with Crippen LogP contribution in [0.3, 0.4) is 0 Å². The fourth-order valence-corrected chi connectivity index (χ4v) is 1.80. The summed E-state index contributed by atoms with van der Waals surface area (Å²) in [6, 6.07) is 11.4. The number of benzene rings is 1. The van der Waals surface area contributed by atoms with Gasteiger partial charge in [-0.25, -0.2) is 0 Å². The van der Waals surface area contributed by atoms with Crippen LogP contribution in [0.5, 0.6) is 17.2 Å². The SMILES string of the molecule is COc1ccccc1Oc1ccnc(CNC(C)(C)C)c1. The van der Waals surface area contributed by atoms with Crippen molar-refractivity contribution in [2.24, 2.45) is 0 Å². The fourth-order valence-electron chi connectivity index (χ4n) is 1.80. The molecule has 0 aliphatic rings. The highest BCUT2D eigenvalue weighted by atomic mass is 16.5. The average molecular weight is 286 g/mol. The van der Waals surface area contributed by atoms with E-state index in [1.54, 1.807) is 13.3 Å². The van der Waals surface area contributed by atoms with E-state index < -0.39 is 0 Å². The van der Waals surface area contributed by atoms with Crippen LogP contribution >= 0.6 is 0 Å². The average Bonchev–Trinajstić information content (AvgIpc) is 2.45. The van der Waals surface area contributed by atoms with Crippen molar-refractivity contribution in [2.45, 2.75) is 32.9 Å². The van der Waals surface area contributed by atoms with Gasteiger partial charge in [-0.05, 0) is 39.0 Å². The number of pyridine rings is 1. The standard InChI is InChI=1S/C17H22N2O2/c1-17(2,3)19-12-13-11-14(9-10-18-13)21-16-8-6-5-7-15(16)20-4/h5-11,19H,12H2,1-4H3. The number of rotatable bonds is 5. The quantitative estimate of drug-likeness (QED) is 0.908. The fraction of sp³-hybridized carbons (Fsp3) is 0.353. The van der Waals surface area contributed by atoms with Crippen LogP contribution in [0.2, 0.25) is 0 Å². The van der Waals surface area contributed by atoms with Crippen LogP contribution in [0.25, 0.3) is 0 Å². The number of para-hydroxylation sites is 2. The topological polar surface area (TPSA) is 43.4 Å². The summed E-state index contributed by atoms with van der Waals surface area (Å²) in [5.74, 6) is 2.16. The first kappa shape index (κ1) is 15.3. The molecule has 0 amide bonds. The van der Waals surface area contributed by atoms with Gasteiger partial charge in [0.05, 0.1) is 12.8 Å². The second-order valence-corrected chi connectivity index (χ2v) is 5.84. The molecule has 0 aliphatic heterocycles. The lowest BCUT2D eigenvalue weighted by Crippen LogP contribution is -2.35. The largest absolute Gasteiger partial charge is 0.493 e. The molecule has 0 fully saturated rings. The van der Waals surface area contributed by atoms with Gasteiger partial charge in [-0.15, -0.1) is 0 Å². The monoisotopic (exact) mass is 286 g/mol. The molecule has 112 valence electrons. The Morgan fingerprint density at radius 3 is 2.48 bits per heavy atom. The summed E-state index contributed by atoms with van der Waals surface area (Å²) in [6.45, 7) is 7.08. The van der Waals surface area contributed by atoms with Crippen molar-refractivity contribution in [1.29, 1.82) is 0 Å². The van der Waals surface area contributed by atoms with Gasteiger partial charge in [-0.3, -0.25) is 4.98 Å². The van der Waals surface area contributed by atoms with E-state index in [0.717, 1.165) is 11.4 Å². The third-order valence-corrected chi connectivity index (χ3v) is 2.88. The highest BCUT2D eigenvalue weighted by Gasteiger charge is 2.10. The summed E-state index contributed by atoms with van der Waals surface area (Å²) < 4.78 is 11.2. The van der Waals surface area contributed by atoms with Gasteiger partial charge in [0, 0.05) is 24.3 Å². The molecule has 0 unspecified atom stereocenters. The second-order valence-electron chi connectivity index (χ2n) is 5.84. The Balaban J connectivity index is 2.10. The highest BCUT2D eigenvalue weighted by molar-refractivity contribution is 5.42. The molecule has 0 saturated heterocycles. The molecule has 0 radical (unpaired) electrons. The number of nitrogens with one attached hydrogen (secondary N) is 1. The molecular formula is C17H22N2O2. The number of nitrogens with zero attached hydrogens (tertiary/aromatic N) is 1. The minimum absolute atomic E-state index is 0.0567. The Labute approximate surface area is 126 Å². The molecule has 2 rings (SSSR count). The maximum Gasteiger partial charge on any atom is 0.169 e. The number of aromatic nitrogens is 1. The van der Waals surface area contributed by atoms with Crippen molar-refractivity contribution in [3.8, 4) is 17.2 Å². The number of methoxy groups -OCH3 is 1. The van der Waals surface area contributed by atoms with Crippen LogP contribution in [0.4, 0.5) is 0 Å². The van der Waals surface area contributed by atoms with E-state index in [4.69, 9.17) is 9.47 Å². The van der Waals surface area contributed by atoms with Gasteiger partial charge in [-0.1, -0.05) is 12.1 Å². The lowest BCUT2D eigenvalue weighted by molar-refractivity contribution is 0.378. The summed E-state index contributed by atoms with van der Waals surface area (Å²) >= 11 is 0. The summed E-state index contributed by atoms with van der Waals surface area (Å²) in [4.78, 5) is 4.35. The summed E-state index contributed by atoms with van der Waals surface area (Å²) in [7, 11) is 1.63. The van der Waals surface area contributed by atoms with Crippen LogP contribution in [0.15, 0.2) is 42.6 Å². The first-order valence-electron chi connectivity index (χ1n) is 6.99. The molecule has 0 aliphatic carbocycles. The van der Waals surface area contributed by atoms with Crippen molar-refractivity contribution < 1.29 is 9.47 Å². The van der Waals surface area contributed by atoms with E-state index in [1.165, 1.54) is 0 Å². The van der Waals surface area contributed by atoms with Crippen molar-refractivity contribution in [3.05, 3.63) is 48.3 Å². The van der Waals surface area contributed by atoms with Crippen molar-refractivity contribution in [1.82, 2.24) is 10.3 Å². The Kier molecular flexibility index (Phi) is 4.81. The second kappa shape index (κ2) is 6.59. The van der Waals surface area contributed by atoms with E-state index in [-0.39, 0.29) is 5.54 Å². The zero-order valence-electron chi connectivity index (χ0n) is 13.0. The zero-order valence-corrected chi connectivity index (χ0v) is 13.0. The smallest absolute Gasteiger partial charge is 0.169 e. The predicted molar refractivity (Wildman–Crippen MR) is 83.9 cm³/mol. The molecule has 1 aromatic carbocycles. The van der Waals surface area contributed by atoms with E-state index in [9.17, 15) is 0 Å². The molecule has 1 N–H and O–H groups in total. The minimum atomic E-state index is 0.0567. The van der Waals surface area contributed by atoms with E-state index >= 15 is 0 Å². The Morgan fingerprint density at radius 1 is 1.10 bits per heavy atom. The summed E-state index contributed by atoms with van der Waals surface area (Å²) in [5.41, 5.74) is 0.999. The summed E-state index contributed by atoms with van der Waals surface area (Å²) in [5, 5.41) is 3.41. The van der Waals surface area contributed by atoms with Crippen LogP contribution in [0, 0.1) is 0 Å². The molecule has 1 aromatic heterocycles. The van der Waals surface area contributed by atoms with Gasteiger partial charge < -0.3 is 14.8 Å². The molecule has 1 heterocycles. The van der Waals surface area contributed by atoms with E-state index in [1.807, 2.05) is 36.4 Å². The Bertz CT molecular complexity index is 591. The molecule has 0 atom stereocenters. The molecule has 21 heavy (non-hydrogen) atoms. The Hall–Kier alpha value is -2.07. The van der Waals surface area contributed by atoms with Gasteiger partial charge in [0.1, 0.15) is 5.75 Å². The van der Waals surface area contributed by atoms with Crippen molar-refractivity contribution in [2.75, 3.05) is 7.11 Å². The number of ether oxygens (including phenoxy) is 2. The van der Waals surface area contributed by atoms with Crippen LogP contribution < -0.4 is 14.8 Å². The van der Waals surface area contributed by atoms with Crippen LogP contribution in [0.1, 0.15) is 26.5 Å². The minimum Gasteiger partial charge on any atom is -0.493 e. The van der Waals surface area contributed by atoms with Crippen LogP contribution in [-0.2, 0) is 6.54 Å². The zero-order chi connectivity index (χ0) is 15.3. The number of hydrogen-bond acceptors (Lipinski definition) is 4. The summed E-state index contributed by atoms with van der Waals surface area (Å²) in [6.07, 6.45) is 1.75. The maximum absolute atomic E-state index is 5.88. The lowest BCUT2D eigenvalue weighted by atomic mass is 10.1. The first-order chi connectivity index (χ1) is 9.98. The Morgan fingerprint density at radius 2 is 1.81 bits per heavy atom. The highest BCUT2D eigenvalue weighted by Crippen LogP contribution is 2.30. The predicted octanol–water partition coefficient (Wildman–Crippen LogP) is 3.77. The van der Waals surface area contributed by atoms with Crippen molar-refractivity contribution >= 4 is 0 Å². The molecule has 4 nitrogen and oxygen atoms in total. The van der Waals surface area contributed by atoms with Crippen LogP contribution in [-0.4, -0.2) is 17.6 Å². The number of hydrogen-bond donors (Lipinski definition) is 1. The first-order valence-corrected chi connectivity index (χ1v) is 6.99. The lowest BCUT2D eigenvalue weighted by Gasteiger charge is -2.20. The molecule has 2 aromatic rings. The van der Waals surface area contributed by atoms with E-state index in [0.29, 0.717) is 18.0 Å². The molecule has 0 saturated carbocycles. The molecule has 0 bridgehead atoms. The third-order valence-electron chi connectivity index (χ3n) is 2.88.